The third kappa shape index (κ3) is 2.19. The molecule has 0 spiro atoms. The van der Waals surface area contributed by atoms with E-state index >= 15 is 0 Å². The molecule has 19 heavy (non-hydrogen) atoms. The lowest BCUT2D eigenvalue weighted by molar-refractivity contribution is 0.750. The molecule has 1 atom stereocenters. The van der Waals surface area contributed by atoms with Gasteiger partial charge in [-0.2, -0.15) is 0 Å². The molecule has 0 aliphatic carbocycles. The number of anilines is 2. The number of hydrogen-bond acceptors (Lipinski definition) is 2. The van der Waals surface area contributed by atoms with E-state index < -0.39 is 0 Å². The van der Waals surface area contributed by atoms with Gasteiger partial charge in [0.2, 0.25) is 0 Å². The zero-order chi connectivity index (χ0) is 13.4. The van der Waals surface area contributed by atoms with Crippen molar-refractivity contribution in [3.8, 4) is 0 Å². The fourth-order valence-corrected chi connectivity index (χ4v) is 3.04. The molecule has 1 aromatic heterocycles. The number of halogens is 2. The van der Waals surface area contributed by atoms with Crippen LogP contribution in [-0.2, 0) is 12.3 Å². The molecule has 0 radical (unpaired) electrons. The molecule has 2 aromatic rings. The number of benzene rings is 1. The standard InChI is InChI=1S/C15H14Cl2N2/c1-10-6-12-4-2-3-5-14(12)19(10)15-13(17)7-11(8-16)9-18-15/h2-5,7,9-10H,6,8H2,1H3. The van der Waals surface area contributed by atoms with Gasteiger partial charge in [0.05, 0.1) is 5.02 Å². The molecule has 98 valence electrons. The SMILES string of the molecule is CC1Cc2ccccc2N1c1ncc(CCl)cc1Cl. The number of pyridine rings is 1. The molecule has 0 N–H and O–H groups in total. The van der Waals surface area contributed by atoms with Crippen molar-refractivity contribution in [3.63, 3.8) is 0 Å². The summed E-state index contributed by atoms with van der Waals surface area (Å²) in [5.41, 5.74) is 3.48. The Balaban J connectivity index is 2.07. The van der Waals surface area contributed by atoms with Gasteiger partial charge in [0, 0.05) is 23.8 Å². The molecule has 0 fully saturated rings. The molecule has 3 rings (SSSR count). The maximum absolute atomic E-state index is 6.36. The Morgan fingerprint density at radius 2 is 2.16 bits per heavy atom. The lowest BCUT2D eigenvalue weighted by Gasteiger charge is -2.24. The molecule has 1 unspecified atom stereocenters. The Morgan fingerprint density at radius 3 is 2.89 bits per heavy atom. The van der Waals surface area contributed by atoms with Crippen molar-refractivity contribution < 1.29 is 0 Å². The van der Waals surface area contributed by atoms with Gasteiger partial charge in [-0.05, 0) is 36.6 Å². The van der Waals surface area contributed by atoms with Crippen LogP contribution in [0.15, 0.2) is 36.5 Å². The Kier molecular flexibility index (Phi) is 3.38. The van der Waals surface area contributed by atoms with Gasteiger partial charge in [0.25, 0.3) is 0 Å². The summed E-state index contributed by atoms with van der Waals surface area (Å²) in [6, 6.07) is 10.7. The van der Waals surface area contributed by atoms with Crippen LogP contribution in [0.5, 0.6) is 0 Å². The molecule has 0 saturated heterocycles. The van der Waals surface area contributed by atoms with Crippen molar-refractivity contribution >= 4 is 34.7 Å². The maximum atomic E-state index is 6.36. The fraction of sp³-hybridized carbons (Fsp3) is 0.267. The smallest absolute Gasteiger partial charge is 0.152 e. The molecule has 0 amide bonds. The summed E-state index contributed by atoms with van der Waals surface area (Å²) in [6.45, 7) is 2.19. The number of fused-ring (bicyclic) bond motifs is 1. The molecule has 1 aliphatic rings. The monoisotopic (exact) mass is 292 g/mol. The Morgan fingerprint density at radius 1 is 1.37 bits per heavy atom. The molecule has 0 bridgehead atoms. The van der Waals surface area contributed by atoms with Crippen molar-refractivity contribution in [1.29, 1.82) is 0 Å². The van der Waals surface area contributed by atoms with Gasteiger partial charge in [0.1, 0.15) is 0 Å². The summed E-state index contributed by atoms with van der Waals surface area (Å²) in [4.78, 5) is 6.69. The zero-order valence-electron chi connectivity index (χ0n) is 10.6. The van der Waals surface area contributed by atoms with Gasteiger partial charge in [-0.3, -0.25) is 0 Å². The Hall–Kier alpha value is -1.25. The van der Waals surface area contributed by atoms with Gasteiger partial charge in [0.15, 0.2) is 5.82 Å². The van der Waals surface area contributed by atoms with Crippen molar-refractivity contribution in [2.45, 2.75) is 25.3 Å². The van der Waals surface area contributed by atoms with Crippen LogP contribution in [0.3, 0.4) is 0 Å². The average molecular weight is 293 g/mol. The van der Waals surface area contributed by atoms with E-state index in [1.807, 2.05) is 12.1 Å². The van der Waals surface area contributed by atoms with Crippen LogP contribution in [-0.4, -0.2) is 11.0 Å². The van der Waals surface area contributed by atoms with Crippen molar-refractivity contribution in [3.05, 3.63) is 52.7 Å². The molecule has 4 heteroatoms. The van der Waals surface area contributed by atoms with Crippen LogP contribution in [0, 0.1) is 0 Å². The van der Waals surface area contributed by atoms with E-state index in [0.29, 0.717) is 16.9 Å². The highest BCUT2D eigenvalue weighted by Crippen LogP contribution is 2.40. The molecule has 2 heterocycles. The first-order valence-corrected chi connectivity index (χ1v) is 7.19. The highest BCUT2D eigenvalue weighted by Gasteiger charge is 2.28. The highest BCUT2D eigenvalue weighted by atomic mass is 35.5. The summed E-state index contributed by atoms with van der Waals surface area (Å²) in [7, 11) is 0. The first-order valence-electron chi connectivity index (χ1n) is 6.28. The molecule has 1 aliphatic heterocycles. The number of hydrogen-bond donors (Lipinski definition) is 0. The van der Waals surface area contributed by atoms with Crippen LogP contribution < -0.4 is 4.90 Å². The largest absolute Gasteiger partial charge is 0.322 e. The molecular weight excluding hydrogens is 279 g/mol. The van der Waals surface area contributed by atoms with E-state index in [1.54, 1.807) is 6.20 Å². The number of aromatic nitrogens is 1. The maximum Gasteiger partial charge on any atom is 0.152 e. The molecule has 1 aromatic carbocycles. The molecule has 0 saturated carbocycles. The fourth-order valence-electron chi connectivity index (χ4n) is 2.61. The predicted octanol–water partition coefficient (Wildman–Crippen LogP) is 4.56. The summed E-state index contributed by atoms with van der Waals surface area (Å²) in [6.07, 6.45) is 2.81. The number of alkyl halides is 1. The summed E-state index contributed by atoms with van der Waals surface area (Å²) >= 11 is 12.2. The second-order valence-corrected chi connectivity index (χ2v) is 5.51. The van der Waals surface area contributed by atoms with E-state index in [9.17, 15) is 0 Å². The van der Waals surface area contributed by atoms with Crippen molar-refractivity contribution in [1.82, 2.24) is 4.98 Å². The summed E-state index contributed by atoms with van der Waals surface area (Å²) < 4.78 is 0. The predicted molar refractivity (Wildman–Crippen MR) is 80.6 cm³/mol. The second kappa shape index (κ2) is 5.03. The minimum atomic E-state index is 0.365. The van der Waals surface area contributed by atoms with Crippen LogP contribution in [0.2, 0.25) is 5.02 Å². The molecule has 2 nitrogen and oxygen atoms in total. The lowest BCUT2D eigenvalue weighted by atomic mass is 10.1. The third-order valence-corrected chi connectivity index (χ3v) is 4.05. The first-order chi connectivity index (χ1) is 9.20. The quantitative estimate of drug-likeness (QED) is 0.755. The lowest BCUT2D eigenvalue weighted by Crippen LogP contribution is -2.25. The second-order valence-electron chi connectivity index (χ2n) is 4.83. The number of nitrogens with zero attached hydrogens (tertiary/aromatic N) is 2. The van der Waals surface area contributed by atoms with Crippen LogP contribution in [0.1, 0.15) is 18.1 Å². The van der Waals surface area contributed by atoms with Crippen LogP contribution >= 0.6 is 23.2 Å². The molecular formula is C15H14Cl2N2. The van der Waals surface area contributed by atoms with Crippen molar-refractivity contribution in [2.24, 2.45) is 0 Å². The summed E-state index contributed by atoms with van der Waals surface area (Å²) in [5.74, 6) is 1.24. The Bertz CT molecular complexity index is 613. The van der Waals surface area contributed by atoms with E-state index in [-0.39, 0.29) is 0 Å². The van der Waals surface area contributed by atoms with Gasteiger partial charge < -0.3 is 4.90 Å². The van der Waals surface area contributed by atoms with E-state index in [1.165, 1.54) is 11.3 Å². The van der Waals surface area contributed by atoms with Gasteiger partial charge in [-0.1, -0.05) is 29.8 Å². The minimum Gasteiger partial charge on any atom is -0.322 e. The van der Waals surface area contributed by atoms with Gasteiger partial charge >= 0.3 is 0 Å². The average Bonchev–Trinajstić information content (AvgIpc) is 2.75. The zero-order valence-corrected chi connectivity index (χ0v) is 12.1. The van der Waals surface area contributed by atoms with Gasteiger partial charge in [-0.15, -0.1) is 11.6 Å². The van der Waals surface area contributed by atoms with Crippen LogP contribution in [0.25, 0.3) is 0 Å². The van der Waals surface area contributed by atoms with E-state index in [2.05, 4.69) is 35.0 Å². The topological polar surface area (TPSA) is 16.1 Å². The normalized spacial score (nSPS) is 17.6. The summed E-state index contributed by atoms with van der Waals surface area (Å²) in [5, 5.41) is 0.654. The first kappa shape index (κ1) is 12.8. The Labute approximate surface area is 123 Å². The van der Waals surface area contributed by atoms with Gasteiger partial charge in [-0.25, -0.2) is 4.98 Å². The van der Waals surface area contributed by atoms with Crippen LogP contribution in [0.4, 0.5) is 11.5 Å². The number of rotatable bonds is 2. The number of para-hydroxylation sites is 1. The third-order valence-electron chi connectivity index (χ3n) is 3.47. The highest BCUT2D eigenvalue weighted by molar-refractivity contribution is 6.33. The van der Waals surface area contributed by atoms with E-state index in [4.69, 9.17) is 23.2 Å². The van der Waals surface area contributed by atoms with E-state index in [0.717, 1.165) is 17.8 Å². The minimum absolute atomic E-state index is 0.365. The van der Waals surface area contributed by atoms with Crippen molar-refractivity contribution in [2.75, 3.05) is 4.90 Å².